The first kappa shape index (κ1) is 15.0. The van der Waals surface area contributed by atoms with Gasteiger partial charge in [-0.25, -0.2) is 4.98 Å². The molecule has 1 aromatic heterocycles. The maximum absolute atomic E-state index is 4.78. The van der Waals surface area contributed by atoms with Crippen LogP contribution in [0.5, 0.6) is 0 Å². The Hall–Kier alpha value is -2.87. The molecule has 0 N–H and O–H groups in total. The number of aromatic nitrogens is 2. The second-order valence-corrected chi connectivity index (χ2v) is 5.34. The predicted molar refractivity (Wildman–Crippen MR) is 98.6 cm³/mol. The van der Waals surface area contributed by atoms with Gasteiger partial charge in [-0.15, -0.1) is 0 Å². The van der Waals surface area contributed by atoms with E-state index < -0.39 is 0 Å². The molecule has 2 heteroatoms. The van der Waals surface area contributed by atoms with E-state index in [1.165, 1.54) is 5.56 Å². The molecule has 0 saturated carbocycles. The summed E-state index contributed by atoms with van der Waals surface area (Å²) in [4.78, 5) is 4.78. The first-order valence-electron chi connectivity index (χ1n) is 7.80. The lowest BCUT2D eigenvalue weighted by Gasteiger charge is -2.11. The van der Waals surface area contributed by atoms with Crippen LogP contribution < -0.4 is 0 Å². The standard InChI is InChI=1S/C21H20N2/c1-4-16-12-14-17(15-13-16)21-22-19(5-2)20(6-3)23(21)18-10-8-7-9-11-18/h5-15H,2-4H2,1H3. The number of rotatable bonds is 5. The van der Waals surface area contributed by atoms with Crippen molar-refractivity contribution in [2.45, 2.75) is 13.3 Å². The maximum Gasteiger partial charge on any atom is 0.145 e. The van der Waals surface area contributed by atoms with E-state index in [0.717, 1.165) is 34.9 Å². The molecule has 0 unspecified atom stereocenters. The van der Waals surface area contributed by atoms with E-state index in [-0.39, 0.29) is 0 Å². The van der Waals surface area contributed by atoms with Gasteiger partial charge in [0, 0.05) is 11.3 Å². The van der Waals surface area contributed by atoms with Crippen molar-refractivity contribution < 1.29 is 0 Å². The molecule has 0 aliphatic carbocycles. The number of aryl methyl sites for hydroxylation is 1. The normalized spacial score (nSPS) is 10.5. The van der Waals surface area contributed by atoms with Crippen LogP contribution in [0.3, 0.4) is 0 Å². The molecule has 23 heavy (non-hydrogen) atoms. The zero-order valence-corrected chi connectivity index (χ0v) is 13.4. The van der Waals surface area contributed by atoms with E-state index in [4.69, 9.17) is 4.98 Å². The summed E-state index contributed by atoms with van der Waals surface area (Å²) < 4.78 is 2.13. The van der Waals surface area contributed by atoms with Gasteiger partial charge in [-0.05, 0) is 36.3 Å². The Morgan fingerprint density at radius 3 is 2.22 bits per heavy atom. The summed E-state index contributed by atoms with van der Waals surface area (Å²) in [5, 5.41) is 0. The van der Waals surface area contributed by atoms with Crippen LogP contribution in [-0.2, 0) is 6.42 Å². The monoisotopic (exact) mass is 300 g/mol. The third-order valence-electron chi connectivity index (χ3n) is 3.96. The molecule has 114 valence electrons. The molecular formula is C21H20N2. The summed E-state index contributed by atoms with van der Waals surface area (Å²) in [7, 11) is 0. The Morgan fingerprint density at radius 2 is 1.65 bits per heavy atom. The minimum absolute atomic E-state index is 0.846. The molecule has 2 nitrogen and oxygen atoms in total. The Balaban J connectivity index is 2.25. The van der Waals surface area contributed by atoms with E-state index in [1.54, 1.807) is 6.08 Å². The van der Waals surface area contributed by atoms with Crippen molar-refractivity contribution in [1.29, 1.82) is 0 Å². The van der Waals surface area contributed by atoms with Crippen LogP contribution in [-0.4, -0.2) is 9.55 Å². The summed E-state index contributed by atoms with van der Waals surface area (Å²) in [6, 6.07) is 18.8. The van der Waals surface area contributed by atoms with Crippen molar-refractivity contribution in [1.82, 2.24) is 9.55 Å². The van der Waals surface area contributed by atoms with Gasteiger partial charge >= 0.3 is 0 Å². The molecule has 0 saturated heterocycles. The Morgan fingerprint density at radius 1 is 0.957 bits per heavy atom. The average Bonchev–Trinajstić information content (AvgIpc) is 3.01. The van der Waals surface area contributed by atoms with Crippen LogP contribution in [0.25, 0.3) is 29.2 Å². The summed E-state index contributed by atoms with van der Waals surface area (Å²) in [5.41, 5.74) is 5.28. The Kier molecular flexibility index (Phi) is 4.24. The van der Waals surface area contributed by atoms with Crippen LogP contribution in [0.15, 0.2) is 67.8 Å². The molecular weight excluding hydrogens is 280 g/mol. The van der Waals surface area contributed by atoms with Crippen LogP contribution in [0.4, 0.5) is 0 Å². The molecule has 0 aliphatic rings. The third-order valence-corrected chi connectivity index (χ3v) is 3.96. The van der Waals surface area contributed by atoms with E-state index in [9.17, 15) is 0 Å². The van der Waals surface area contributed by atoms with Crippen LogP contribution in [0, 0.1) is 0 Å². The smallest absolute Gasteiger partial charge is 0.145 e. The van der Waals surface area contributed by atoms with Crippen molar-refractivity contribution in [2.75, 3.05) is 0 Å². The second kappa shape index (κ2) is 6.49. The fourth-order valence-corrected chi connectivity index (χ4v) is 2.72. The highest BCUT2D eigenvalue weighted by atomic mass is 15.1. The lowest BCUT2D eigenvalue weighted by atomic mass is 10.1. The highest BCUT2D eigenvalue weighted by Crippen LogP contribution is 2.28. The number of benzene rings is 2. The number of nitrogens with zero attached hydrogens (tertiary/aromatic N) is 2. The van der Waals surface area contributed by atoms with Gasteiger partial charge in [-0.2, -0.15) is 0 Å². The van der Waals surface area contributed by atoms with E-state index in [0.29, 0.717) is 0 Å². The van der Waals surface area contributed by atoms with Crippen molar-refractivity contribution in [2.24, 2.45) is 0 Å². The molecule has 0 spiro atoms. The van der Waals surface area contributed by atoms with E-state index in [1.807, 2.05) is 24.3 Å². The lowest BCUT2D eigenvalue weighted by molar-refractivity contribution is 1.05. The van der Waals surface area contributed by atoms with Crippen molar-refractivity contribution >= 4 is 12.2 Å². The fourth-order valence-electron chi connectivity index (χ4n) is 2.72. The topological polar surface area (TPSA) is 17.8 Å². The van der Waals surface area contributed by atoms with Gasteiger partial charge in [0.15, 0.2) is 0 Å². The summed E-state index contributed by atoms with van der Waals surface area (Å²) >= 11 is 0. The molecule has 0 amide bonds. The van der Waals surface area contributed by atoms with E-state index >= 15 is 0 Å². The zero-order chi connectivity index (χ0) is 16.2. The molecule has 0 radical (unpaired) electrons. The predicted octanol–water partition coefficient (Wildman–Crippen LogP) is 5.39. The summed E-state index contributed by atoms with van der Waals surface area (Å²) in [6.07, 6.45) is 4.64. The second-order valence-electron chi connectivity index (χ2n) is 5.34. The zero-order valence-electron chi connectivity index (χ0n) is 13.4. The largest absolute Gasteiger partial charge is 0.292 e. The SMILES string of the molecule is C=Cc1nc(-c2ccc(CC)cc2)n(-c2ccccc2)c1C=C. The minimum Gasteiger partial charge on any atom is -0.292 e. The molecule has 0 fully saturated rings. The van der Waals surface area contributed by atoms with Gasteiger partial charge in [-0.1, -0.05) is 62.5 Å². The molecule has 1 heterocycles. The van der Waals surface area contributed by atoms with Crippen molar-refractivity contribution in [3.05, 3.63) is 84.7 Å². The first-order chi connectivity index (χ1) is 11.3. The molecule has 0 aliphatic heterocycles. The van der Waals surface area contributed by atoms with Gasteiger partial charge < -0.3 is 0 Å². The molecule has 3 rings (SSSR count). The highest BCUT2D eigenvalue weighted by molar-refractivity contribution is 5.69. The van der Waals surface area contributed by atoms with E-state index in [2.05, 4.69) is 61.0 Å². The fraction of sp³-hybridized carbons (Fsp3) is 0.0952. The number of hydrogen-bond donors (Lipinski definition) is 0. The van der Waals surface area contributed by atoms with Crippen LogP contribution >= 0.6 is 0 Å². The van der Waals surface area contributed by atoms with Gasteiger partial charge in [0.1, 0.15) is 5.82 Å². The summed E-state index contributed by atoms with van der Waals surface area (Å²) in [5.74, 6) is 0.906. The lowest BCUT2D eigenvalue weighted by Crippen LogP contribution is -1.99. The maximum atomic E-state index is 4.78. The number of para-hydroxylation sites is 1. The number of imidazole rings is 1. The molecule has 2 aromatic carbocycles. The molecule has 0 atom stereocenters. The van der Waals surface area contributed by atoms with Crippen LogP contribution in [0.2, 0.25) is 0 Å². The van der Waals surface area contributed by atoms with Crippen LogP contribution in [0.1, 0.15) is 23.9 Å². The third kappa shape index (κ3) is 2.76. The van der Waals surface area contributed by atoms with Crippen molar-refractivity contribution in [3.8, 4) is 17.1 Å². The van der Waals surface area contributed by atoms with Gasteiger partial charge in [-0.3, -0.25) is 4.57 Å². The van der Waals surface area contributed by atoms with Gasteiger partial charge in [0.05, 0.1) is 11.4 Å². The Labute approximate surface area is 137 Å². The Bertz CT molecular complexity index is 824. The van der Waals surface area contributed by atoms with Gasteiger partial charge in [0.25, 0.3) is 0 Å². The van der Waals surface area contributed by atoms with Gasteiger partial charge in [0.2, 0.25) is 0 Å². The quantitative estimate of drug-likeness (QED) is 0.618. The molecule has 3 aromatic rings. The van der Waals surface area contributed by atoms with Crippen molar-refractivity contribution in [3.63, 3.8) is 0 Å². The molecule has 0 bridgehead atoms. The number of hydrogen-bond acceptors (Lipinski definition) is 1. The minimum atomic E-state index is 0.846. The highest BCUT2D eigenvalue weighted by Gasteiger charge is 2.16. The average molecular weight is 300 g/mol. The first-order valence-corrected chi connectivity index (χ1v) is 7.80. The summed E-state index contributed by atoms with van der Waals surface area (Å²) in [6.45, 7) is 9.99.